The van der Waals surface area contributed by atoms with Crippen molar-refractivity contribution in [1.82, 2.24) is 10.6 Å². The number of benzene rings is 4. The van der Waals surface area contributed by atoms with Crippen LogP contribution < -0.4 is 49.7 Å². The number of ether oxygens (including phenoxy) is 8. The predicted molar refractivity (Wildman–Crippen MR) is 251 cm³/mol. The molecule has 0 radical (unpaired) electrons. The predicted octanol–water partition coefficient (Wildman–Crippen LogP) is 5.77. The number of carbonyl (C=O) groups is 6. The molecule has 0 bridgehead atoms. The van der Waals surface area contributed by atoms with Crippen molar-refractivity contribution in [1.29, 1.82) is 0 Å². The topological polar surface area (TPSA) is 224 Å². The summed E-state index contributed by atoms with van der Waals surface area (Å²) in [7, 11) is 0. The van der Waals surface area contributed by atoms with E-state index in [0.717, 1.165) is 5.56 Å². The summed E-state index contributed by atoms with van der Waals surface area (Å²) < 4.78 is 43.4. The van der Waals surface area contributed by atoms with Gasteiger partial charge >= 0.3 is 11.9 Å². The van der Waals surface area contributed by atoms with Crippen molar-refractivity contribution in [2.45, 2.75) is 52.7 Å². The van der Waals surface area contributed by atoms with Gasteiger partial charge in [0.2, 0.25) is 11.8 Å². The van der Waals surface area contributed by atoms with Crippen LogP contribution in [0.4, 0.5) is 11.4 Å². The van der Waals surface area contributed by atoms with Crippen LogP contribution in [0.25, 0.3) is 0 Å². The molecule has 2 aliphatic heterocycles. The second-order valence-electron chi connectivity index (χ2n) is 14.8. The maximum absolute atomic E-state index is 12.9. The van der Waals surface area contributed by atoms with Crippen LogP contribution in [-0.2, 0) is 41.5 Å². The van der Waals surface area contributed by atoms with Crippen LogP contribution in [0.1, 0.15) is 59.5 Å². The van der Waals surface area contributed by atoms with E-state index in [2.05, 4.69) is 34.4 Å². The van der Waals surface area contributed by atoms with E-state index in [9.17, 15) is 28.8 Å². The minimum atomic E-state index is -0.849. The molecular formula is C50H56N4O14. The van der Waals surface area contributed by atoms with Crippen LogP contribution in [-0.4, -0.2) is 101 Å². The lowest BCUT2D eigenvalue weighted by Crippen LogP contribution is -2.33. The van der Waals surface area contributed by atoms with Gasteiger partial charge in [0.25, 0.3) is 11.8 Å². The highest BCUT2D eigenvalue weighted by molar-refractivity contribution is 6.01. The zero-order chi connectivity index (χ0) is 49.0. The lowest BCUT2D eigenvalue weighted by molar-refractivity contribution is -0.151. The van der Waals surface area contributed by atoms with E-state index in [0.29, 0.717) is 96.3 Å². The summed E-state index contributed by atoms with van der Waals surface area (Å²) >= 11 is 0. The lowest BCUT2D eigenvalue weighted by atomic mass is 10.0. The zero-order valence-electron chi connectivity index (χ0n) is 38.4. The van der Waals surface area contributed by atoms with Gasteiger partial charge in [-0.05, 0) is 94.6 Å². The van der Waals surface area contributed by atoms with E-state index in [1.165, 1.54) is 6.07 Å². The van der Waals surface area contributed by atoms with E-state index in [1.54, 1.807) is 107 Å². The molecule has 360 valence electrons. The molecular weight excluding hydrogens is 881 g/mol. The van der Waals surface area contributed by atoms with E-state index in [4.69, 9.17) is 37.9 Å². The molecule has 6 rings (SSSR count). The fourth-order valence-electron chi connectivity index (χ4n) is 6.54. The molecule has 2 aliphatic rings. The molecule has 4 N–H and O–H groups in total. The average Bonchev–Trinajstić information content (AvgIpc) is 3.33. The Morgan fingerprint density at radius 2 is 1.10 bits per heavy atom. The smallest absolute Gasteiger partial charge is 0.347 e. The fourth-order valence-corrected chi connectivity index (χ4v) is 6.54. The molecule has 2 heterocycles. The quantitative estimate of drug-likeness (QED) is 0.0610. The maximum Gasteiger partial charge on any atom is 0.347 e. The van der Waals surface area contributed by atoms with Crippen molar-refractivity contribution >= 4 is 46.9 Å². The maximum atomic E-state index is 12.9. The molecule has 2 atom stereocenters. The first-order chi connectivity index (χ1) is 32.8. The highest BCUT2D eigenvalue weighted by Gasteiger charge is 2.23. The largest absolute Gasteiger partial charge is 0.486 e. The van der Waals surface area contributed by atoms with Crippen LogP contribution in [0.2, 0.25) is 0 Å². The first kappa shape index (κ1) is 51.0. The molecule has 4 aromatic carbocycles. The molecule has 0 aromatic heterocycles. The average molecular weight is 937 g/mol. The number of allylic oxidation sites excluding steroid dienone is 2. The second kappa shape index (κ2) is 25.6. The van der Waals surface area contributed by atoms with Crippen LogP contribution in [0.15, 0.2) is 98.1 Å². The number of hydrogen-bond donors (Lipinski definition) is 4. The zero-order valence-corrected chi connectivity index (χ0v) is 38.4. The molecule has 0 saturated carbocycles. The van der Waals surface area contributed by atoms with Crippen molar-refractivity contribution in [3.8, 4) is 34.5 Å². The first-order valence-corrected chi connectivity index (χ1v) is 21.9. The Morgan fingerprint density at radius 3 is 1.62 bits per heavy atom. The number of fused-ring (bicyclic) bond motifs is 2. The fraction of sp³-hybridized carbons (Fsp3) is 0.320. The molecule has 2 unspecified atom stereocenters. The third-order valence-corrected chi connectivity index (χ3v) is 9.74. The standard InChI is InChI=1S/2C25H28N2O7/c1-4-7-18-19(8-6-9-20(18)34-16(3)25(30)31-5-2)24(29)26-15-23(28)27-17-10-11-21-22(14-17)33-13-12-32-21;1-4-6-17-7-8-18(13-21(17)34-16(3)25(30)31-5-2)24(29)26-15-23(28)27-19-9-10-20-22(14-19)33-12-11-32-20/h4,6,8-11,14,16H,1,5,7,12-13,15H2,2-3H3,(H,26,29)(H,27,28);4,7-10,13-14,16H,1,5-6,11-12,15H2,2-3H3,(H,26,29)(H,27,28). The van der Waals surface area contributed by atoms with Crippen molar-refractivity contribution in [2.75, 3.05) is 63.4 Å². The van der Waals surface area contributed by atoms with Gasteiger partial charge in [-0.1, -0.05) is 24.3 Å². The van der Waals surface area contributed by atoms with Gasteiger partial charge in [-0.2, -0.15) is 0 Å². The minimum Gasteiger partial charge on any atom is -0.486 e. The highest BCUT2D eigenvalue weighted by atomic mass is 16.6. The van der Waals surface area contributed by atoms with Crippen molar-refractivity contribution in [2.24, 2.45) is 0 Å². The summed E-state index contributed by atoms with van der Waals surface area (Å²) in [6.45, 7) is 15.9. The summed E-state index contributed by atoms with van der Waals surface area (Å²) in [5, 5.41) is 10.6. The Bertz CT molecular complexity index is 2450. The summed E-state index contributed by atoms with van der Waals surface area (Å²) in [4.78, 5) is 74.1. The van der Waals surface area contributed by atoms with Gasteiger partial charge in [0, 0.05) is 40.2 Å². The molecule has 0 aliphatic carbocycles. The number of anilines is 2. The number of amides is 4. The molecule has 0 fully saturated rings. The Balaban J connectivity index is 0.000000254. The summed E-state index contributed by atoms with van der Waals surface area (Å²) in [5.74, 6) is 0.352. The van der Waals surface area contributed by atoms with Crippen LogP contribution in [0.5, 0.6) is 34.5 Å². The summed E-state index contributed by atoms with van der Waals surface area (Å²) in [6.07, 6.45) is 2.45. The first-order valence-electron chi connectivity index (χ1n) is 21.9. The van der Waals surface area contributed by atoms with Gasteiger partial charge in [0.15, 0.2) is 35.2 Å². The molecule has 18 heteroatoms. The molecule has 18 nitrogen and oxygen atoms in total. The van der Waals surface area contributed by atoms with Crippen molar-refractivity contribution in [3.05, 3.63) is 120 Å². The number of carbonyl (C=O) groups excluding carboxylic acids is 6. The van der Waals surface area contributed by atoms with E-state index >= 15 is 0 Å². The van der Waals surface area contributed by atoms with Crippen LogP contribution in [0, 0.1) is 0 Å². The van der Waals surface area contributed by atoms with Crippen molar-refractivity contribution < 1.29 is 66.7 Å². The number of rotatable bonds is 20. The Labute approximate surface area is 394 Å². The molecule has 0 spiro atoms. The summed E-state index contributed by atoms with van der Waals surface area (Å²) in [5.41, 5.74) is 2.98. The van der Waals surface area contributed by atoms with Gasteiger partial charge in [-0.15, -0.1) is 13.2 Å². The van der Waals surface area contributed by atoms with Gasteiger partial charge in [-0.3, -0.25) is 19.2 Å². The van der Waals surface area contributed by atoms with Gasteiger partial charge in [0.05, 0.1) is 26.3 Å². The minimum absolute atomic E-state index is 0.239. The van der Waals surface area contributed by atoms with E-state index in [-0.39, 0.29) is 31.9 Å². The molecule has 68 heavy (non-hydrogen) atoms. The normalized spacial score (nSPS) is 12.8. The number of nitrogens with one attached hydrogen (secondary N) is 4. The highest BCUT2D eigenvalue weighted by Crippen LogP contribution is 2.34. The second-order valence-corrected chi connectivity index (χ2v) is 14.8. The van der Waals surface area contributed by atoms with E-state index in [1.807, 2.05) is 0 Å². The van der Waals surface area contributed by atoms with Crippen molar-refractivity contribution in [3.63, 3.8) is 0 Å². The molecule has 4 aromatic rings. The van der Waals surface area contributed by atoms with E-state index < -0.39 is 47.8 Å². The van der Waals surface area contributed by atoms with Gasteiger partial charge in [-0.25, -0.2) is 9.59 Å². The number of hydrogen-bond acceptors (Lipinski definition) is 14. The van der Waals surface area contributed by atoms with Gasteiger partial charge < -0.3 is 59.2 Å². The van der Waals surface area contributed by atoms with Gasteiger partial charge in [0.1, 0.15) is 37.9 Å². The summed E-state index contributed by atoms with van der Waals surface area (Å²) in [6, 6.07) is 20.0. The Kier molecular flexibility index (Phi) is 19.2. The monoisotopic (exact) mass is 936 g/mol. The SMILES string of the molecule is C=CCc1c(OC(C)C(=O)OCC)cccc1C(=O)NCC(=O)Nc1ccc2c(c1)OCCO2.C=CCc1ccc(C(=O)NCC(=O)Nc2ccc3c(c2)OCCO3)cc1OC(C)C(=O)OCC. The Morgan fingerprint density at radius 1 is 0.603 bits per heavy atom. The van der Waals surface area contributed by atoms with Crippen LogP contribution >= 0.6 is 0 Å². The third-order valence-electron chi connectivity index (χ3n) is 9.74. The number of esters is 2. The van der Waals surface area contributed by atoms with Crippen LogP contribution in [0.3, 0.4) is 0 Å². The third kappa shape index (κ3) is 14.7. The molecule has 0 saturated heterocycles. The Hall–Kier alpha value is -8.02. The lowest BCUT2D eigenvalue weighted by Gasteiger charge is -2.19. The molecule has 4 amide bonds.